The Kier molecular flexibility index (Phi) is 6.45. The summed E-state index contributed by atoms with van der Waals surface area (Å²) in [5, 5.41) is 18.3. The van der Waals surface area contributed by atoms with E-state index in [4.69, 9.17) is 26.2 Å². The lowest BCUT2D eigenvalue weighted by molar-refractivity contribution is -0.139. The molecule has 0 atom stereocenters. The SMILES string of the molecule is COc1cc(/C=C(/C#N)c2ccc(Br)cc2)cc(Cl)c1OCC(=O)O. The van der Waals surface area contributed by atoms with Crippen LogP contribution in [0.25, 0.3) is 11.6 Å². The second-order valence-corrected chi connectivity index (χ2v) is 6.22. The van der Waals surface area contributed by atoms with Gasteiger partial charge in [0.2, 0.25) is 0 Å². The van der Waals surface area contributed by atoms with Crippen LogP contribution in [0.1, 0.15) is 11.1 Å². The molecule has 0 bridgehead atoms. The van der Waals surface area contributed by atoms with Crippen LogP contribution in [0.5, 0.6) is 11.5 Å². The zero-order valence-corrected chi connectivity index (χ0v) is 15.5. The molecule has 0 spiro atoms. The molecule has 2 aromatic carbocycles. The highest BCUT2D eigenvalue weighted by Gasteiger charge is 2.13. The molecule has 0 amide bonds. The van der Waals surface area contributed by atoms with Crippen LogP contribution in [-0.2, 0) is 4.79 Å². The first-order chi connectivity index (χ1) is 11.9. The number of rotatable bonds is 6. The van der Waals surface area contributed by atoms with Crippen molar-refractivity contribution in [1.29, 1.82) is 5.26 Å². The van der Waals surface area contributed by atoms with Gasteiger partial charge in [0.15, 0.2) is 18.1 Å². The number of allylic oxidation sites excluding steroid dienone is 1. The molecule has 5 nitrogen and oxygen atoms in total. The minimum atomic E-state index is -1.12. The van der Waals surface area contributed by atoms with E-state index in [1.54, 1.807) is 18.2 Å². The molecule has 0 aliphatic carbocycles. The van der Waals surface area contributed by atoms with Crippen LogP contribution in [0.3, 0.4) is 0 Å². The fraction of sp³-hybridized carbons (Fsp3) is 0.111. The average molecular weight is 423 g/mol. The Labute approximate surface area is 158 Å². The van der Waals surface area contributed by atoms with Crippen molar-refractivity contribution in [3.63, 3.8) is 0 Å². The third-order valence-corrected chi connectivity index (χ3v) is 3.99. The molecule has 0 aliphatic heterocycles. The Bertz CT molecular complexity index is 857. The monoisotopic (exact) mass is 421 g/mol. The van der Waals surface area contributed by atoms with Gasteiger partial charge in [-0.2, -0.15) is 5.26 Å². The fourth-order valence-electron chi connectivity index (χ4n) is 2.07. The smallest absolute Gasteiger partial charge is 0.341 e. The minimum Gasteiger partial charge on any atom is -0.493 e. The van der Waals surface area contributed by atoms with Crippen molar-refractivity contribution in [3.8, 4) is 17.6 Å². The summed E-state index contributed by atoms with van der Waals surface area (Å²) >= 11 is 9.53. The number of aliphatic carboxylic acids is 1. The van der Waals surface area contributed by atoms with Gasteiger partial charge < -0.3 is 14.6 Å². The molecule has 25 heavy (non-hydrogen) atoms. The highest BCUT2D eigenvalue weighted by atomic mass is 79.9. The normalized spacial score (nSPS) is 10.9. The topological polar surface area (TPSA) is 79.5 Å². The van der Waals surface area contributed by atoms with E-state index in [9.17, 15) is 10.1 Å². The number of benzene rings is 2. The van der Waals surface area contributed by atoms with Crippen LogP contribution < -0.4 is 9.47 Å². The Morgan fingerprint density at radius 2 is 2.04 bits per heavy atom. The third-order valence-electron chi connectivity index (χ3n) is 3.18. The first-order valence-electron chi connectivity index (χ1n) is 7.04. The van der Waals surface area contributed by atoms with Crippen LogP contribution in [0.15, 0.2) is 40.9 Å². The van der Waals surface area contributed by atoms with Crippen molar-refractivity contribution in [2.24, 2.45) is 0 Å². The zero-order chi connectivity index (χ0) is 18.4. The molecule has 0 fully saturated rings. The lowest BCUT2D eigenvalue weighted by atomic mass is 10.0. The molecular weight excluding hydrogens is 410 g/mol. The molecule has 0 saturated heterocycles. The van der Waals surface area contributed by atoms with Gasteiger partial charge >= 0.3 is 5.97 Å². The standard InChI is InChI=1S/C18H13BrClNO4/c1-24-16-8-11(7-15(20)18(16)25-10-17(22)23)6-13(9-21)12-2-4-14(19)5-3-12/h2-8H,10H2,1H3,(H,22,23)/b13-6-. The average Bonchev–Trinajstić information content (AvgIpc) is 2.59. The highest BCUT2D eigenvalue weighted by Crippen LogP contribution is 2.37. The van der Waals surface area contributed by atoms with Crippen molar-refractivity contribution in [3.05, 3.63) is 57.0 Å². The summed E-state index contributed by atoms with van der Waals surface area (Å²) in [7, 11) is 1.42. The number of halogens is 2. The van der Waals surface area contributed by atoms with Gasteiger partial charge in [-0.15, -0.1) is 0 Å². The van der Waals surface area contributed by atoms with Gasteiger partial charge in [-0.1, -0.05) is 39.7 Å². The van der Waals surface area contributed by atoms with Crippen LogP contribution in [-0.4, -0.2) is 24.8 Å². The van der Waals surface area contributed by atoms with Crippen molar-refractivity contribution in [2.75, 3.05) is 13.7 Å². The minimum absolute atomic E-state index is 0.144. The predicted molar refractivity (Wildman–Crippen MR) is 98.8 cm³/mol. The number of carboxylic acids is 1. The Morgan fingerprint density at radius 1 is 1.36 bits per heavy atom. The molecule has 0 unspecified atom stereocenters. The lowest BCUT2D eigenvalue weighted by Crippen LogP contribution is -2.10. The summed E-state index contributed by atoms with van der Waals surface area (Å²) in [6.45, 7) is -0.534. The van der Waals surface area contributed by atoms with Gasteiger partial charge in [-0.25, -0.2) is 4.79 Å². The van der Waals surface area contributed by atoms with Gasteiger partial charge in [0, 0.05) is 4.47 Å². The van der Waals surface area contributed by atoms with Crippen LogP contribution in [0, 0.1) is 11.3 Å². The summed E-state index contributed by atoms with van der Waals surface area (Å²) in [6, 6.07) is 12.7. The van der Waals surface area contributed by atoms with E-state index in [0.717, 1.165) is 10.0 Å². The molecule has 1 N–H and O–H groups in total. The number of methoxy groups -OCH3 is 1. The van der Waals surface area contributed by atoms with Crippen LogP contribution in [0.2, 0.25) is 5.02 Å². The summed E-state index contributed by atoms with van der Waals surface area (Å²) < 4.78 is 11.3. The molecular formula is C18H13BrClNO4. The van der Waals surface area contributed by atoms with Gasteiger partial charge in [-0.05, 0) is 41.5 Å². The fourth-order valence-corrected chi connectivity index (χ4v) is 2.61. The maximum atomic E-state index is 10.7. The maximum Gasteiger partial charge on any atom is 0.341 e. The number of nitriles is 1. The van der Waals surface area contributed by atoms with Crippen LogP contribution in [0.4, 0.5) is 0 Å². The first kappa shape index (κ1) is 18.8. The van der Waals surface area contributed by atoms with E-state index < -0.39 is 12.6 Å². The maximum absolute atomic E-state index is 10.7. The van der Waals surface area contributed by atoms with Crippen LogP contribution >= 0.6 is 27.5 Å². The van der Waals surface area contributed by atoms with Crippen molar-refractivity contribution in [1.82, 2.24) is 0 Å². The highest BCUT2D eigenvalue weighted by molar-refractivity contribution is 9.10. The Hall–Kier alpha value is -2.49. The zero-order valence-electron chi connectivity index (χ0n) is 13.1. The second-order valence-electron chi connectivity index (χ2n) is 4.89. The molecule has 0 saturated carbocycles. The second kappa shape index (κ2) is 8.56. The lowest BCUT2D eigenvalue weighted by Gasteiger charge is -2.12. The summed E-state index contributed by atoms with van der Waals surface area (Å²) in [5.74, 6) is -0.692. The summed E-state index contributed by atoms with van der Waals surface area (Å²) in [5.41, 5.74) is 1.83. The number of nitrogens with zero attached hydrogens (tertiary/aromatic N) is 1. The van der Waals surface area contributed by atoms with Crippen molar-refractivity contribution < 1.29 is 19.4 Å². The van der Waals surface area contributed by atoms with E-state index in [1.165, 1.54) is 7.11 Å². The molecule has 0 aromatic heterocycles. The largest absolute Gasteiger partial charge is 0.493 e. The molecule has 2 aromatic rings. The Morgan fingerprint density at radius 3 is 2.60 bits per heavy atom. The van der Waals surface area contributed by atoms with E-state index >= 15 is 0 Å². The number of hydrogen-bond acceptors (Lipinski definition) is 4. The van der Waals surface area contributed by atoms with Crippen molar-refractivity contribution in [2.45, 2.75) is 0 Å². The predicted octanol–water partition coefficient (Wildman–Crippen LogP) is 4.64. The van der Waals surface area contributed by atoms with E-state index in [0.29, 0.717) is 11.1 Å². The van der Waals surface area contributed by atoms with Gasteiger partial charge in [-0.3, -0.25) is 0 Å². The molecule has 0 aliphatic rings. The number of carboxylic acid groups (broad SMARTS) is 1. The summed E-state index contributed by atoms with van der Waals surface area (Å²) in [6.07, 6.45) is 1.67. The third kappa shape index (κ3) is 4.99. The molecule has 2 rings (SSSR count). The molecule has 0 heterocycles. The van der Waals surface area contributed by atoms with E-state index in [-0.39, 0.29) is 16.5 Å². The molecule has 128 valence electrons. The van der Waals surface area contributed by atoms with E-state index in [2.05, 4.69) is 22.0 Å². The van der Waals surface area contributed by atoms with Gasteiger partial charge in [0.25, 0.3) is 0 Å². The quantitative estimate of drug-likeness (QED) is 0.542. The molecule has 0 radical (unpaired) electrons. The van der Waals surface area contributed by atoms with Crippen molar-refractivity contribution >= 4 is 45.1 Å². The first-order valence-corrected chi connectivity index (χ1v) is 8.21. The number of hydrogen-bond donors (Lipinski definition) is 1. The summed E-state index contributed by atoms with van der Waals surface area (Å²) in [4.78, 5) is 10.7. The Balaban J connectivity index is 2.41. The van der Waals surface area contributed by atoms with E-state index in [1.807, 2.05) is 24.3 Å². The van der Waals surface area contributed by atoms with Gasteiger partial charge in [0.1, 0.15) is 0 Å². The van der Waals surface area contributed by atoms with Gasteiger partial charge in [0.05, 0.1) is 23.8 Å². The number of carbonyl (C=O) groups is 1. The molecule has 7 heteroatoms. The number of ether oxygens (including phenoxy) is 2.